The van der Waals surface area contributed by atoms with Crippen LogP contribution in [0.4, 0.5) is 0 Å². The van der Waals surface area contributed by atoms with Crippen molar-refractivity contribution < 1.29 is 19.1 Å². The van der Waals surface area contributed by atoms with E-state index in [0.717, 1.165) is 12.8 Å². The quantitative estimate of drug-likeness (QED) is 0.719. The summed E-state index contributed by atoms with van der Waals surface area (Å²) >= 11 is 0. The zero-order valence-corrected chi connectivity index (χ0v) is 13.8. The number of carbonyl (C=O) groups excluding carboxylic acids is 2. The summed E-state index contributed by atoms with van der Waals surface area (Å²) in [4.78, 5) is 26.9. The van der Waals surface area contributed by atoms with Crippen LogP contribution in [0.3, 0.4) is 0 Å². The van der Waals surface area contributed by atoms with Crippen LogP contribution in [0.15, 0.2) is 18.5 Å². The van der Waals surface area contributed by atoms with Crippen molar-refractivity contribution in [1.82, 2.24) is 10.3 Å². The lowest BCUT2D eigenvalue weighted by molar-refractivity contribution is -0.150. The molecule has 128 valence electrons. The molecule has 2 N–H and O–H groups in total. The summed E-state index contributed by atoms with van der Waals surface area (Å²) in [6.07, 6.45) is 5.20. The molecule has 0 bridgehead atoms. The van der Waals surface area contributed by atoms with E-state index in [9.17, 15) is 9.59 Å². The largest absolute Gasteiger partial charge is 0.460 e. The van der Waals surface area contributed by atoms with Crippen LogP contribution in [0.1, 0.15) is 43.5 Å². The molecule has 6 nitrogen and oxygen atoms in total. The number of hydrogen-bond acceptors (Lipinski definition) is 4. The minimum absolute atomic E-state index is 0.0766. The Bertz CT molecular complexity index is 493. The third-order valence-corrected chi connectivity index (χ3v) is 3.86. The van der Waals surface area contributed by atoms with E-state index in [4.69, 9.17) is 9.47 Å². The molecule has 1 aromatic heterocycles. The van der Waals surface area contributed by atoms with Crippen molar-refractivity contribution >= 4 is 11.9 Å². The van der Waals surface area contributed by atoms with Gasteiger partial charge in [0.2, 0.25) is 0 Å². The number of aromatic nitrogens is 1. The number of ether oxygens (including phenoxy) is 2. The molecule has 23 heavy (non-hydrogen) atoms. The molecule has 1 aliphatic heterocycles. The van der Waals surface area contributed by atoms with Crippen molar-refractivity contribution in [2.75, 3.05) is 19.8 Å². The highest BCUT2D eigenvalue weighted by Gasteiger charge is 2.23. The molecule has 2 heterocycles. The van der Waals surface area contributed by atoms with E-state index < -0.39 is 0 Å². The van der Waals surface area contributed by atoms with Crippen LogP contribution in [0, 0.1) is 11.8 Å². The van der Waals surface area contributed by atoms with Gasteiger partial charge in [-0.3, -0.25) is 9.59 Å². The Morgan fingerprint density at radius 1 is 1.48 bits per heavy atom. The lowest BCUT2D eigenvalue weighted by Crippen LogP contribution is -2.31. The monoisotopic (exact) mass is 322 g/mol. The number of nitrogens with one attached hydrogen (secondary N) is 2. The highest BCUT2D eigenvalue weighted by atomic mass is 16.6. The Morgan fingerprint density at radius 2 is 2.30 bits per heavy atom. The molecule has 2 rings (SSSR count). The van der Waals surface area contributed by atoms with Crippen LogP contribution >= 0.6 is 0 Å². The summed E-state index contributed by atoms with van der Waals surface area (Å²) in [7, 11) is 0. The van der Waals surface area contributed by atoms with Gasteiger partial charge in [0.1, 0.15) is 6.10 Å². The van der Waals surface area contributed by atoms with Gasteiger partial charge in [0.05, 0.1) is 25.2 Å². The molecule has 1 saturated heterocycles. The van der Waals surface area contributed by atoms with Gasteiger partial charge in [-0.05, 0) is 24.3 Å². The Balaban J connectivity index is 1.80. The van der Waals surface area contributed by atoms with Gasteiger partial charge in [0.15, 0.2) is 0 Å². The van der Waals surface area contributed by atoms with Crippen molar-refractivity contribution in [3.8, 4) is 0 Å². The molecular formula is C17H26N2O4. The summed E-state index contributed by atoms with van der Waals surface area (Å²) in [5.41, 5.74) is 0.596. The average Bonchev–Trinajstić information content (AvgIpc) is 3.16. The topological polar surface area (TPSA) is 80.4 Å². The third kappa shape index (κ3) is 6.06. The van der Waals surface area contributed by atoms with Gasteiger partial charge in [0, 0.05) is 25.4 Å². The molecule has 1 fully saturated rings. The first-order valence-electron chi connectivity index (χ1n) is 8.22. The lowest BCUT2D eigenvalue weighted by atomic mass is 9.94. The first-order valence-corrected chi connectivity index (χ1v) is 8.22. The Kier molecular flexibility index (Phi) is 6.65. The summed E-state index contributed by atoms with van der Waals surface area (Å²) in [5.74, 6) is 0.194. The van der Waals surface area contributed by atoms with E-state index in [1.807, 2.05) is 0 Å². The van der Waals surface area contributed by atoms with Crippen LogP contribution in [0.25, 0.3) is 0 Å². The zero-order valence-electron chi connectivity index (χ0n) is 13.8. The molecule has 2 atom stereocenters. The molecule has 1 aromatic rings. The van der Waals surface area contributed by atoms with E-state index >= 15 is 0 Å². The van der Waals surface area contributed by atoms with Gasteiger partial charge >= 0.3 is 5.97 Å². The van der Waals surface area contributed by atoms with Crippen molar-refractivity contribution in [2.24, 2.45) is 11.8 Å². The predicted octanol–water partition coefficient (Wildman–Crippen LogP) is 2.13. The van der Waals surface area contributed by atoms with Crippen molar-refractivity contribution in [3.05, 3.63) is 24.0 Å². The minimum Gasteiger partial charge on any atom is -0.460 e. The van der Waals surface area contributed by atoms with Gasteiger partial charge in [-0.25, -0.2) is 0 Å². The Morgan fingerprint density at radius 3 is 2.91 bits per heavy atom. The normalized spacial score (nSPS) is 18.8. The highest BCUT2D eigenvalue weighted by Crippen LogP contribution is 2.17. The van der Waals surface area contributed by atoms with E-state index in [2.05, 4.69) is 24.1 Å². The first-order chi connectivity index (χ1) is 11.0. The van der Waals surface area contributed by atoms with Crippen LogP contribution in [-0.4, -0.2) is 42.7 Å². The Labute approximate surface area is 136 Å². The van der Waals surface area contributed by atoms with E-state index in [-0.39, 0.29) is 23.9 Å². The standard InChI is InChI=1S/C17H26N2O4/c1-12(2)7-13(8-16(20)23-15-4-6-22-11-15)9-19-17(21)14-3-5-18-10-14/h3,5,10,12-13,15,18H,4,6-9,11H2,1-2H3,(H,19,21)/t13-,15?/m0/s1. The fraction of sp³-hybridized carbons (Fsp3) is 0.647. The summed E-state index contributed by atoms with van der Waals surface area (Å²) < 4.78 is 10.6. The number of carbonyl (C=O) groups is 2. The van der Waals surface area contributed by atoms with Gasteiger partial charge in [-0.15, -0.1) is 0 Å². The SMILES string of the molecule is CC(C)C[C@H](CNC(=O)c1cc[nH]c1)CC(=O)OC1CCOC1. The molecule has 0 saturated carbocycles. The number of hydrogen-bond donors (Lipinski definition) is 2. The maximum absolute atomic E-state index is 12.1. The number of aromatic amines is 1. The van der Waals surface area contributed by atoms with Gasteiger partial charge < -0.3 is 19.8 Å². The lowest BCUT2D eigenvalue weighted by Gasteiger charge is -2.20. The fourth-order valence-corrected chi connectivity index (χ4v) is 2.79. The van der Waals surface area contributed by atoms with Crippen molar-refractivity contribution in [3.63, 3.8) is 0 Å². The van der Waals surface area contributed by atoms with Crippen molar-refractivity contribution in [2.45, 2.75) is 39.2 Å². The molecule has 0 aliphatic carbocycles. The molecule has 1 aliphatic rings. The number of esters is 1. The fourth-order valence-electron chi connectivity index (χ4n) is 2.79. The van der Waals surface area contributed by atoms with Crippen LogP contribution in [0.5, 0.6) is 0 Å². The van der Waals surface area contributed by atoms with Gasteiger partial charge in [0.25, 0.3) is 5.91 Å². The molecular weight excluding hydrogens is 296 g/mol. The molecule has 0 radical (unpaired) electrons. The first kappa shape index (κ1) is 17.5. The maximum atomic E-state index is 12.1. The molecule has 0 aromatic carbocycles. The van der Waals surface area contributed by atoms with Gasteiger partial charge in [-0.1, -0.05) is 13.8 Å². The van der Waals surface area contributed by atoms with E-state index in [1.165, 1.54) is 0 Å². The minimum atomic E-state index is -0.206. The van der Waals surface area contributed by atoms with Gasteiger partial charge in [-0.2, -0.15) is 0 Å². The second kappa shape index (κ2) is 8.72. The number of rotatable bonds is 8. The van der Waals surface area contributed by atoms with Crippen molar-refractivity contribution in [1.29, 1.82) is 0 Å². The Hall–Kier alpha value is -1.82. The van der Waals surface area contributed by atoms with Crippen LogP contribution < -0.4 is 5.32 Å². The van der Waals surface area contributed by atoms with E-state index in [0.29, 0.717) is 37.7 Å². The average molecular weight is 322 g/mol. The molecule has 6 heteroatoms. The van der Waals surface area contributed by atoms with E-state index in [1.54, 1.807) is 18.5 Å². The van der Waals surface area contributed by atoms with Crippen LogP contribution in [-0.2, 0) is 14.3 Å². The molecule has 0 spiro atoms. The zero-order chi connectivity index (χ0) is 16.7. The number of H-pyrrole nitrogens is 1. The second-order valence-corrected chi connectivity index (χ2v) is 6.48. The smallest absolute Gasteiger partial charge is 0.306 e. The summed E-state index contributed by atoms with van der Waals surface area (Å²) in [5, 5.41) is 2.90. The second-order valence-electron chi connectivity index (χ2n) is 6.48. The highest BCUT2D eigenvalue weighted by molar-refractivity contribution is 5.93. The third-order valence-electron chi connectivity index (χ3n) is 3.86. The summed E-state index contributed by atoms with van der Waals surface area (Å²) in [6.45, 7) is 5.83. The number of amides is 1. The molecule has 1 unspecified atom stereocenters. The summed E-state index contributed by atoms with van der Waals surface area (Å²) in [6, 6.07) is 1.72. The van der Waals surface area contributed by atoms with Crippen LogP contribution in [0.2, 0.25) is 0 Å². The maximum Gasteiger partial charge on any atom is 0.306 e. The molecule has 1 amide bonds. The predicted molar refractivity (Wildman–Crippen MR) is 86.0 cm³/mol.